The van der Waals surface area contributed by atoms with Crippen LogP contribution in [0.5, 0.6) is 0 Å². The lowest BCUT2D eigenvalue weighted by atomic mass is 10.4. The maximum Gasteiger partial charge on any atom is 0.343 e. The van der Waals surface area contributed by atoms with Crippen molar-refractivity contribution in [3.63, 3.8) is 0 Å². The fraction of sp³-hybridized carbons (Fsp3) is 0.600. The molecule has 0 amide bonds. The molecule has 1 atom stereocenters. The van der Waals surface area contributed by atoms with Crippen LogP contribution in [0.4, 0.5) is 0 Å². The Balaban J connectivity index is 2.93. The Morgan fingerprint density at radius 1 is 2.00 bits per heavy atom. The van der Waals surface area contributed by atoms with E-state index < -0.39 is 0 Å². The fourth-order valence-corrected chi connectivity index (χ4v) is 0.658. The summed E-state index contributed by atoms with van der Waals surface area (Å²) in [5.74, 6) is 0. The highest BCUT2D eigenvalue weighted by atomic mass is 16.3. The Kier molecular flexibility index (Phi) is 1.86. The third kappa shape index (κ3) is 1.08. The van der Waals surface area contributed by atoms with E-state index in [1.54, 1.807) is 6.92 Å². The van der Waals surface area contributed by atoms with E-state index in [1.165, 1.54) is 10.9 Å². The van der Waals surface area contributed by atoms with E-state index in [9.17, 15) is 4.79 Å². The predicted molar refractivity (Wildman–Crippen MR) is 34.6 cm³/mol. The molecule has 1 aromatic rings. The molecule has 56 valence electrons. The molecule has 0 saturated heterocycles. The van der Waals surface area contributed by atoms with E-state index in [4.69, 9.17) is 5.11 Å². The number of aliphatic hydroxyl groups excluding tert-OH is 1. The highest BCUT2D eigenvalue weighted by molar-refractivity contribution is 4.69. The number of hydrogen-bond donors (Lipinski definition) is 2. The van der Waals surface area contributed by atoms with Crippen molar-refractivity contribution in [2.75, 3.05) is 6.61 Å². The number of aromatic nitrogens is 3. The van der Waals surface area contributed by atoms with E-state index in [2.05, 4.69) is 10.2 Å². The van der Waals surface area contributed by atoms with Crippen molar-refractivity contribution in [1.29, 1.82) is 0 Å². The molecule has 0 aliphatic heterocycles. The summed E-state index contributed by atoms with van der Waals surface area (Å²) in [6.07, 6.45) is 1.36. The zero-order valence-corrected chi connectivity index (χ0v) is 5.61. The van der Waals surface area contributed by atoms with Gasteiger partial charge in [-0.1, -0.05) is 0 Å². The normalized spacial score (nSPS) is 13.4. The van der Waals surface area contributed by atoms with Crippen LogP contribution in [0.1, 0.15) is 13.0 Å². The SMILES string of the molecule is C[C@H](CO)n1cn[nH]c1=O. The Morgan fingerprint density at radius 2 is 2.70 bits per heavy atom. The lowest BCUT2D eigenvalue weighted by molar-refractivity contribution is 0.236. The average molecular weight is 143 g/mol. The van der Waals surface area contributed by atoms with Crippen molar-refractivity contribution in [1.82, 2.24) is 14.8 Å². The number of H-pyrrole nitrogens is 1. The number of nitrogens with one attached hydrogen (secondary N) is 1. The number of hydrogen-bond acceptors (Lipinski definition) is 3. The maximum atomic E-state index is 10.8. The first kappa shape index (κ1) is 7.01. The smallest absolute Gasteiger partial charge is 0.343 e. The van der Waals surface area contributed by atoms with Crippen molar-refractivity contribution in [2.24, 2.45) is 0 Å². The second kappa shape index (κ2) is 2.66. The van der Waals surface area contributed by atoms with Crippen LogP contribution < -0.4 is 5.69 Å². The average Bonchev–Trinajstić information content (AvgIpc) is 2.34. The molecule has 0 aliphatic carbocycles. The van der Waals surface area contributed by atoms with E-state index in [0.717, 1.165) is 0 Å². The van der Waals surface area contributed by atoms with Gasteiger partial charge in [-0.15, -0.1) is 0 Å². The monoisotopic (exact) mass is 143 g/mol. The Bertz CT molecular complexity index is 251. The zero-order chi connectivity index (χ0) is 7.56. The minimum atomic E-state index is -0.290. The van der Waals surface area contributed by atoms with Crippen molar-refractivity contribution < 1.29 is 5.11 Å². The first-order valence-electron chi connectivity index (χ1n) is 2.98. The lowest BCUT2D eigenvalue weighted by Gasteiger charge is -2.04. The first-order valence-corrected chi connectivity index (χ1v) is 2.98. The van der Waals surface area contributed by atoms with Crippen LogP contribution >= 0.6 is 0 Å². The molecule has 1 aromatic heterocycles. The summed E-state index contributed by atoms with van der Waals surface area (Å²) in [4.78, 5) is 10.8. The molecule has 0 aliphatic rings. The molecule has 5 heteroatoms. The van der Waals surface area contributed by atoms with Crippen LogP contribution in [-0.4, -0.2) is 26.5 Å². The van der Waals surface area contributed by atoms with Crippen LogP contribution in [0.15, 0.2) is 11.1 Å². The third-order valence-electron chi connectivity index (χ3n) is 1.32. The maximum absolute atomic E-state index is 10.8. The van der Waals surface area contributed by atoms with Crippen LogP contribution in [-0.2, 0) is 0 Å². The molecule has 10 heavy (non-hydrogen) atoms. The van der Waals surface area contributed by atoms with Crippen LogP contribution in [0.2, 0.25) is 0 Å². The molecule has 0 spiro atoms. The number of rotatable bonds is 2. The van der Waals surface area contributed by atoms with E-state index >= 15 is 0 Å². The molecule has 1 rings (SSSR count). The summed E-state index contributed by atoms with van der Waals surface area (Å²) in [6.45, 7) is 1.68. The summed E-state index contributed by atoms with van der Waals surface area (Å²) in [6, 6.07) is -0.203. The molecule has 1 heterocycles. The fourth-order valence-electron chi connectivity index (χ4n) is 0.658. The summed E-state index contributed by atoms with van der Waals surface area (Å²) in [5, 5.41) is 14.4. The van der Waals surface area contributed by atoms with Crippen molar-refractivity contribution in [2.45, 2.75) is 13.0 Å². The topological polar surface area (TPSA) is 70.9 Å². The minimum absolute atomic E-state index is 0.0561. The molecule has 0 bridgehead atoms. The number of nitrogens with zero attached hydrogens (tertiary/aromatic N) is 2. The molecular formula is C5H9N3O2. The second-order valence-corrected chi connectivity index (χ2v) is 2.10. The zero-order valence-electron chi connectivity index (χ0n) is 5.61. The highest BCUT2D eigenvalue weighted by Crippen LogP contribution is 1.95. The van der Waals surface area contributed by atoms with Gasteiger partial charge in [0.15, 0.2) is 0 Å². The van der Waals surface area contributed by atoms with Crippen molar-refractivity contribution in [3.05, 3.63) is 16.8 Å². The second-order valence-electron chi connectivity index (χ2n) is 2.10. The van der Waals surface area contributed by atoms with Gasteiger partial charge >= 0.3 is 5.69 Å². The van der Waals surface area contributed by atoms with Gasteiger partial charge in [0.2, 0.25) is 0 Å². The molecular weight excluding hydrogens is 134 g/mol. The highest BCUT2D eigenvalue weighted by Gasteiger charge is 2.04. The summed E-state index contributed by atoms with van der Waals surface area (Å²) >= 11 is 0. The third-order valence-corrected chi connectivity index (χ3v) is 1.32. The lowest BCUT2D eigenvalue weighted by Crippen LogP contribution is -2.21. The number of aromatic amines is 1. The van der Waals surface area contributed by atoms with Crippen molar-refractivity contribution in [3.8, 4) is 0 Å². The molecule has 0 unspecified atom stereocenters. The first-order chi connectivity index (χ1) is 4.75. The van der Waals surface area contributed by atoms with Gasteiger partial charge < -0.3 is 5.11 Å². The predicted octanol–water partition coefficient (Wildman–Crippen LogP) is -0.875. The Labute approximate surface area is 57.3 Å². The van der Waals surface area contributed by atoms with Gasteiger partial charge in [0.1, 0.15) is 6.33 Å². The van der Waals surface area contributed by atoms with Crippen molar-refractivity contribution >= 4 is 0 Å². The quantitative estimate of drug-likeness (QED) is 0.565. The van der Waals surface area contributed by atoms with Crippen LogP contribution in [0.25, 0.3) is 0 Å². The molecule has 2 N–H and O–H groups in total. The van der Waals surface area contributed by atoms with Gasteiger partial charge in [0.25, 0.3) is 0 Å². The van der Waals surface area contributed by atoms with Gasteiger partial charge in [-0.05, 0) is 6.92 Å². The molecule has 0 saturated carbocycles. The minimum Gasteiger partial charge on any atom is -0.394 e. The van der Waals surface area contributed by atoms with Gasteiger partial charge in [-0.3, -0.25) is 4.57 Å². The summed E-state index contributed by atoms with van der Waals surface area (Å²) in [5.41, 5.74) is -0.290. The van der Waals surface area contributed by atoms with Gasteiger partial charge in [0, 0.05) is 0 Å². The standard InChI is InChI=1S/C5H9N3O2/c1-4(2-9)8-3-6-7-5(8)10/h3-4,9H,2H2,1H3,(H,7,10)/t4-/m1/s1. The van der Waals surface area contributed by atoms with Gasteiger partial charge in [0.05, 0.1) is 12.6 Å². The van der Waals surface area contributed by atoms with E-state index in [0.29, 0.717) is 0 Å². The van der Waals surface area contributed by atoms with E-state index in [-0.39, 0.29) is 18.3 Å². The Hall–Kier alpha value is -1.10. The Morgan fingerprint density at radius 3 is 3.10 bits per heavy atom. The number of aliphatic hydroxyl groups is 1. The molecule has 0 fully saturated rings. The molecule has 0 radical (unpaired) electrons. The van der Waals surface area contributed by atoms with E-state index in [1.807, 2.05) is 0 Å². The van der Waals surface area contributed by atoms with Gasteiger partial charge in [-0.25, -0.2) is 9.89 Å². The van der Waals surface area contributed by atoms with Crippen LogP contribution in [0.3, 0.4) is 0 Å². The largest absolute Gasteiger partial charge is 0.394 e. The molecule has 5 nitrogen and oxygen atoms in total. The van der Waals surface area contributed by atoms with Gasteiger partial charge in [-0.2, -0.15) is 5.10 Å². The van der Waals surface area contributed by atoms with Crippen LogP contribution in [0, 0.1) is 0 Å². The summed E-state index contributed by atoms with van der Waals surface area (Å²) < 4.78 is 1.33. The summed E-state index contributed by atoms with van der Waals surface area (Å²) in [7, 11) is 0. The molecule has 0 aromatic carbocycles.